The molecule has 0 amide bonds. The molecule has 0 saturated carbocycles. The van der Waals surface area contributed by atoms with E-state index < -0.39 is 5.82 Å². The first kappa shape index (κ1) is 19.0. The molecule has 0 atom stereocenters. The van der Waals surface area contributed by atoms with E-state index in [2.05, 4.69) is 5.32 Å². The van der Waals surface area contributed by atoms with Gasteiger partial charge in [0.2, 0.25) is 5.70 Å². The zero-order valence-corrected chi connectivity index (χ0v) is 16.0. The minimum atomic E-state index is -0.451. The van der Waals surface area contributed by atoms with Crippen molar-refractivity contribution in [3.63, 3.8) is 0 Å². The summed E-state index contributed by atoms with van der Waals surface area (Å²) in [5, 5.41) is 16.5. The maximum absolute atomic E-state index is 14.0. The maximum Gasteiger partial charge on any atom is 0.238 e. The normalized spacial score (nSPS) is 11.7. The van der Waals surface area contributed by atoms with Crippen LogP contribution < -0.4 is 15.0 Å². The van der Waals surface area contributed by atoms with Gasteiger partial charge in [0.25, 0.3) is 0 Å². The molecule has 3 aromatic rings. The Morgan fingerprint density at radius 2 is 1.78 bits per heavy atom. The minimum absolute atomic E-state index is 0.121. The summed E-state index contributed by atoms with van der Waals surface area (Å²) in [5.41, 5.74) is 1.81. The molecule has 0 spiro atoms. The van der Waals surface area contributed by atoms with E-state index in [0.29, 0.717) is 10.6 Å². The van der Waals surface area contributed by atoms with E-state index in [0.717, 1.165) is 5.56 Å². The van der Waals surface area contributed by atoms with E-state index in [1.807, 2.05) is 19.1 Å². The van der Waals surface area contributed by atoms with Gasteiger partial charge in [0.15, 0.2) is 17.4 Å². The molecule has 0 fully saturated rings. The van der Waals surface area contributed by atoms with E-state index in [9.17, 15) is 9.50 Å². The Kier molecular flexibility index (Phi) is 5.84. The van der Waals surface area contributed by atoms with Crippen molar-refractivity contribution in [2.24, 2.45) is 0 Å². The third-order valence-electron chi connectivity index (χ3n) is 3.87. The van der Waals surface area contributed by atoms with Crippen molar-refractivity contribution in [3.8, 4) is 0 Å². The third kappa shape index (κ3) is 4.51. The zero-order valence-electron chi connectivity index (χ0n) is 14.4. The van der Waals surface area contributed by atoms with Crippen LogP contribution in [0.3, 0.4) is 0 Å². The van der Waals surface area contributed by atoms with Gasteiger partial charge in [-0.05, 0) is 48.6 Å². The quantitative estimate of drug-likeness (QED) is 0.310. The second-order valence-electron chi connectivity index (χ2n) is 5.91. The van der Waals surface area contributed by atoms with Gasteiger partial charge in [-0.25, -0.2) is 4.39 Å². The van der Waals surface area contributed by atoms with Gasteiger partial charge in [-0.1, -0.05) is 48.1 Å². The largest absolute Gasteiger partial charge is 0.867 e. The Morgan fingerprint density at radius 3 is 2.44 bits per heavy atom. The molecule has 0 radical (unpaired) electrons. The lowest BCUT2D eigenvalue weighted by Gasteiger charge is -2.17. The van der Waals surface area contributed by atoms with E-state index in [1.165, 1.54) is 6.07 Å². The molecule has 1 aromatic heterocycles. The number of nitrogens with zero attached hydrogens (tertiary/aromatic N) is 1. The molecule has 1 N–H and O–H groups in total. The highest BCUT2D eigenvalue weighted by Gasteiger charge is 2.20. The number of pyridine rings is 1. The zero-order chi connectivity index (χ0) is 19.4. The van der Waals surface area contributed by atoms with Gasteiger partial charge in [-0.15, -0.1) is 0 Å². The minimum Gasteiger partial charge on any atom is -0.867 e. The van der Waals surface area contributed by atoms with Gasteiger partial charge in [0.1, 0.15) is 5.82 Å². The Labute approximate surface area is 167 Å². The van der Waals surface area contributed by atoms with Crippen LogP contribution in [0.15, 0.2) is 73.1 Å². The first-order valence-electron chi connectivity index (χ1n) is 8.17. The standard InChI is InChI=1S/C21H16ClFN2OS/c1-14-5-4-12-25(13-14)19(20(26)15-8-10-16(22)11-9-15)21(27)24-18-7-3-2-6-17(18)23/h2-13H,1H3,(H-,24,26,27). The van der Waals surface area contributed by atoms with Crippen molar-refractivity contribution >= 4 is 46.0 Å². The van der Waals surface area contributed by atoms with Crippen molar-refractivity contribution in [3.05, 3.63) is 95.0 Å². The summed E-state index contributed by atoms with van der Waals surface area (Å²) < 4.78 is 15.7. The number of nitrogens with one attached hydrogen (secondary N) is 1. The van der Waals surface area contributed by atoms with Crippen LogP contribution in [0.25, 0.3) is 11.5 Å². The fourth-order valence-electron chi connectivity index (χ4n) is 2.55. The molecule has 6 heteroatoms. The van der Waals surface area contributed by atoms with Crippen molar-refractivity contribution < 1.29 is 14.1 Å². The molecule has 0 unspecified atom stereocenters. The highest BCUT2D eigenvalue weighted by atomic mass is 35.5. The number of halogens is 2. The average Bonchev–Trinajstić information content (AvgIpc) is 2.64. The Balaban J connectivity index is 2.10. The lowest BCUT2D eigenvalue weighted by molar-refractivity contribution is -0.578. The van der Waals surface area contributed by atoms with Crippen LogP contribution in [0.1, 0.15) is 11.1 Å². The number of rotatable bonds is 4. The number of thiocarbonyl (C=S) groups is 1. The molecular weight excluding hydrogens is 383 g/mol. The van der Waals surface area contributed by atoms with Crippen LogP contribution in [-0.4, -0.2) is 4.99 Å². The van der Waals surface area contributed by atoms with Gasteiger partial charge >= 0.3 is 0 Å². The summed E-state index contributed by atoms with van der Waals surface area (Å²) in [5.74, 6) is -0.747. The molecule has 0 aliphatic carbocycles. The van der Waals surface area contributed by atoms with E-state index >= 15 is 0 Å². The Bertz CT molecular complexity index is 1020. The second kappa shape index (κ2) is 8.29. The van der Waals surface area contributed by atoms with E-state index in [4.69, 9.17) is 23.8 Å². The number of aromatic nitrogens is 1. The molecule has 0 aliphatic heterocycles. The molecule has 3 nitrogen and oxygen atoms in total. The topological polar surface area (TPSA) is 39.0 Å². The van der Waals surface area contributed by atoms with Crippen LogP contribution in [0.5, 0.6) is 0 Å². The number of benzene rings is 2. The molecule has 0 saturated heterocycles. The van der Waals surface area contributed by atoms with Crippen LogP contribution in [0, 0.1) is 12.7 Å². The smallest absolute Gasteiger partial charge is 0.238 e. The fourth-order valence-corrected chi connectivity index (χ4v) is 2.99. The molecule has 0 aliphatic rings. The summed E-state index contributed by atoms with van der Waals surface area (Å²) in [7, 11) is 0. The molecule has 136 valence electrons. The van der Waals surface area contributed by atoms with Gasteiger partial charge < -0.3 is 10.4 Å². The maximum atomic E-state index is 14.0. The lowest BCUT2D eigenvalue weighted by Crippen LogP contribution is -2.40. The highest BCUT2D eigenvalue weighted by Crippen LogP contribution is 2.20. The van der Waals surface area contributed by atoms with Gasteiger partial charge in [0.05, 0.1) is 5.69 Å². The SMILES string of the molecule is Cc1ccc[n+](C(C(=S)Nc2ccccc2F)=C([O-])c2ccc(Cl)cc2)c1. The first-order valence-corrected chi connectivity index (χ1v) is 8.96. The monoisotopic (exact) mass is 398 g/mol. The summed E-state index contributed by atoms with van der Waals surface area (Å²) in [4.78, 5) is 0.121. The van der Waals surface area contributed by atoms with Crippen LogP contribution in [-0.2, 0) is 0 Å². The predicted molar refractivity (Wildman–Crippen MR) is 109 cm³/mol. The lowest BCUT2D eigenvalue weighted by atomic mass is 10.1. The van der Waals surface area contributed by atoms with Gasteiger partial charge in [-0.2, -0.15) is 4.57 Å². The number of hydrogen-bond acceptors (Lipinski definition) is 2. The molecule has 3 rings (SSSR count). The van der Waals surface area contributed by atoms with Crippen molar-refractivity contribution in [2.45, 2.75) is 6.92 Å². The van der Waals surface area contributed by atoms with E-state index in [-0.39, 0.29) is 22.1 Å². The van der Waals surface area contributed by atoms with Gasteiger partial charge in [0, 0.05) is 16.7 Å². The van der Waals surface area contributed by atoms with E-state index in [1.54, 1.807) is 59.4 Å². The van der Waals surface area contributed by atoms with Crippen LogP contribution in [0.4, 0.5) is 10.1 Å². The number of aryl methyl sites for hydroxylation is 1. The summed E-state index contributed by atoms with van der Waals surface area (Å²) in [6.45, 7) is 1.91. The molecule has 0 bridgehead atoms. The van der Waals surface area contributed by atoms with Gasteiger partial charge in [-0.3, -0.25) is 0 Å². The third-order valence-corrected chi connectivity index (χ3v) is 4.41. The van der Waals surface area contributed by atoms with Crippen molar-refractivity contribution in [1.82, 2.24) is 0 Å². The Hall–Kier alpha value is -2.76. The fraction of sp³-hybridized carbons (Fsp3) is 0.0476. The van der Waals surface area contributed by atoms with Crippen LogP contribution >= 0.6 is 23.8 Å². The Morgan fingerprint density at radius 1 is 1.07 bits per heavy atom. The van der Waals surface area contributed by atoms with Crippen molar-refractivity contribution in [2.75, 3.05) is 5.32 Å². The summed E-state index contributed by atoms with van der Waals surface area (Å²) in [6.07, 6.45) is 3.52. The highest BCUT2D eigenvalue weighted by molar-refractivity contribution is 7.81. The molecule has 1 heterocycles. The number of anilines is 1. The number of hydrogen-bond donors (Lipinski definition) is 1. The second-order valence-corrected chi connectivity index (χ2v) is 6.75. The predicted octanol–water partition coefficient (Wildman–Crippen LogP) is 4.20. The molecular formula is C21H16ClFN2OS. The summed E-state index contributed by atoms with van der Waals surface area (Å²) >= 11 is 11.4. The molecule has 2 aromatic carbocycles. The van der Waals surface area contributed by atoms with Crippen molar-refractivity contribution in [1.29, 1.82) is 0 Å². The summed E-state index contributed by atoms with van der Waals surface area (Å²) in [6, 6.07) is 16.4. The number of para-hydroxylation sites is 1. The first-order chi connectivity index (χ1) is 13.0. The molecule has 27 heavy (non-hydrogen) atoms. The average molecular weight is 399 g/mol. The van der Waals surface area contributed by atoms with Crippen LogP contribution in [0.2, 0.25) is 5.02 Å².